The van der Waals surface area contributed by atoms with Crippen molar-refractivity contribution in [3.63, 3.8) is 0 Å². The van der Waals surface area contributed by atoms with Crippen molar-refractivity contribution in [1.29, 1.82) is 0 Å². The zero-order valence-corrected chi connectivity index (χ0v) is 13.2. The van der Waals surface area contributed by atoms with Gasteiger partial charge in [0.15, 0.2) is 0 Å². The fourth-order valence-corrected chi connectivity index (χ4v) is 2.96. The van der Waals surface area contributed by atoms with E-state index < -0.39 is 0 Å². The van der Waals surface area contributed by atoms with Crippen molar-refractivity contribution in [3.05, 3.63) is 40.3 Å². The highest BCUT2D eigenvalue weighted by Gasteiger charge is 2.28. The van der Waals surface area contributed by atoms with Gasteiger partial charge in [0, 0.05) is 7.05 Å². The van der Waals surface area contributed by atoms with E-state index in [0.29, 0.717) is 9.23 Å². The molecule has 0 saturated carbocycles. The molecule has 0 atom stereocenters. The summed E-state index contributed by atoms with van der Waals surface area (Å²) in [4.78, 5) is 14.1. The van der Waals surface area contributed by atoms with Gasteiger partial charge in [0.05, 0.1) is 4.91 Å². The first-order valence-electron chi connectivity index (χ1n) is 6.11. The number of carbonyl (C=O) groups excluding carboxylic acids is 1. The third-order valence-corrected chi connectivity index (χ3v) is 4.55. The summed E-state index contributed by atoms with van der Waals surface area (Å²) in [6.07, 6.45) is 1.90. The van der Waals surface area contributed by atoms with Crippen LogP contribution in [0.3, 0.4) is 0 Å². The largest absolute Gasteiger partial charge is 0.296 e. The van der Waals surface area contributed by atoms with Crippen molar-refractivity contribution in [2.75, 3.05) is 7.05 Å². The first kappa shape index (κ1) is 14.3. The monoisotopic (exact) mass is 291 g/mol. The van der Waals surface area contributed by atoms with Crippen LogP contribution in [0, 0.1) is 0 Å². The van der Waals surface area contributed by atoms with E-state index in [4.69, 9.17) is 12.2 Å². The number of likely N-dealkylation sites (N-methyl/N-ethyl adjacent to an activating group) is 1. The topological polar surface area (TPSA) is 20.3 Å². The molecule has 1 amide bonds. The summed E-state index contributed by atoms with van der Waals surface area (Å²) in [7, 11) is 1.71. The van der Waals surface area contributed by atoms with Crippen LogP contribution in [0.1, 0.15) is 31.9 Å². The number of hydrogen-bond donors (Lipinski definition) is 0. The summed E-state index contributed by atoms with van der Waals surface area (Å²) < 4.78 is 0.613. The molecule has 1 aliphatic rings. The molecule has 0 unspecified atom stereocenters. The summed E-state index contributed by atoms with van der Waals surface area (Å²) in [5, 5.41) is 0. The Bertz CT molecular complexity index is 553. The normalized spacial score (nSPS) is 18.5. The molecule has 1 heterocycles. The van der Waals surface area contributed by atoms with E-state index in [1.54, 1.807) is 7.05 Å². The number of hydrogen-bond acceptors (Lipinski definition) is 3. The average molecular weight is 291 g/mol. The molecule has 1 aromatic carbocycles. The van der Waals surface area contributed by atoms with Crippen molar-refractivity contribution in [1.82, 2.24) is 4.90 Å². The van der Waals surface area contributed by atoms with Gasteiger partial charge in [-0.15, -0.1) is 0 Å². The molecule has 1 saturated heterocycles. The Kier molecular flexibility index (Phi) is 3.83. The molecule has 0 N–H and O–H groups in total. The van der Waals surface area contributed by atoms with E-state index in [0.717, 1.165) is 5.56 Å². The number of nitrogens with zero attached hydrogens (tertiary/aromatic N) is 1. The molecule has 0 bridgehead atoms. The van der Waals surface area contributed by atoms with Gasteiger partial charge in [-0.05, 0) is 22.6 Å². The first-order chi connectivity index (χ1) is 8.79. The van der Waals surface area contributed by atoms with Crippen LogP contribution in [0.15, 0.2) is 29.2 Å². The van der Waals surface area contributed by atoms with Gasteiger partial charge >= 0.3 is 0 Å². The zero-order chi connectivity index (χ0) is 14.2. The second-order valence-corrected chi connectivity index (χ2v) is 7.29. The molecule has 0 aliphatic carbocycles. The zero-order valence-electron chi connectivity index (χ0n) is 11.6. The van der Waals surface area contributed by atoms with E-state index in [1.807, 2.05) is 18.2 Å². The van der Waals surface area contributed by atoms with Crippen LogP contribution in [0.2, 0.25) is 0 Å². The molecule has 0 radical (unpaired) electrons. The van der Waals surface area contributed by atoms with Crippen LogP contribution in [0.4, 0.5) is 0 Å². The second-order valence-electron chi connectivity index (χ2n) is 5.61. The number of thioether (sulfide) groups is 1. The van der Waals surface area contributed by atoms with Gasteiger partial charge in [-0.2, -0.15) is 0 Å². The first-order valence-corrected chi connectivity index (χ1v) is 7.33. The lowest BCUT2D eigenvalue weighted by atomic mass is 9.87. The lowest BCUT2D eigenvalue weighted by molar-refractivity contribution is -0.121. The smallest absolute Gasteiger partial charge is 0.265 e. The Morgan fingerprint density at radius 3 is 2.21 bits per heavy atom. The number of amides is 1. The van der Waals surface area contributed by atoms with Crippen LogP contribution in [0.25, 0.3) is 6.08 Å². The highest BCUT2D eigenvalue weighted by atomic mass is 32.2. The molecule has 4 heteroatoms. The van der Waals surface area contributed by atoms with Crippen molar-refractivity contribution in [2.45, 2.75) is 26.2 Å². The Hall–Kier alpha value is -1.13. The SMILES string of the molecule is CN1C(=O)C(=Cc2ccc(C(C)(C)C)cc2)SC1=S. The standard InChI is InChI=1S/C15H17NOS2/c1-15(2,3)11-7-5-10(6-8-11)9-12-13(17)16(4)14(18)19-12/h5-9H,1-4H3. The molecule has 0 aromatic heterocycles. The summed E-state index contributed by atoms with van der Waals surface area (Å²) in [5.41, 5.74) is 2.46. The minimum atomic E-state index is -0.0186. The quantitative estimate of drug-likeness (QED) is 0.579. The van der Waals surface area contributed by atoms with Crippen LogP contribution >= 0.6 is 24.0 Å². The Balaban J connectivity index is 2.25. The van der Waals surface area contributed by atoms with Crippen molar-refractivity contribution in [3.8, 4) is 0 Å². The van der Waals surface area contributed by atoms with Gasteiger partial charge in [0.2, 0.25) is 0 Å². The number of carbonyl (C=O) groups is 1. The highest BCUT2D eigenvalue weighted by molar-refractivity contribution is 8.26. The van der Waals surface area contributed by atoms with Gasteiger partial charge in [-0.25, -0.2) is 0 Å². The number of benzene rings is 1. The van der Waals surface area contributed by atoms with Crippen LogP contribution < -0.4 is 0 Å². The number of rotatable bonds is 1. The van der Waals surface area contributed by atoms with Crippen LogP contribution in [0.5, 0.6) is 0 Å². The summed E-state index contributed by atoms with van der Waals surface area (Å²) in [5.74, 6) is -0.0186. The van der Waals surface area contributed by atoms with E-state index in [2.05, 4.69) is 32.9 Å². The fourth-order valence-electron chi connectivity index (χ4n) is 1.78. The minimum Gasteiger partial charge on any atom is -0.296 e. The van der Waals surface area contributed by atoms with Gasteiger partial charge in [-0.3, -0.25) is 9.69 Å². The predicted octanol–water partition coefficient (Wildman–Crippen LogP) is 3.82. The molecule has 2 rings (SSSR count). The maximum atomic E-state index is 11.9. The fraction of sp³-hybridized carbons (Fsp3) is 0.333. The van der Waals surface area contributed by atoms with Gasteiger partial charge < -0.3 is 0 Å². The van der Waals surface area contributed by atoms with Crippen LogP contribution in [-0.2, 0) is 10.2 Å². The molecule has 100 valence electrons. The van der Waals surface area contributed by atoms with E-state index in [-0.39, 0.29) is 11.3 Å². The Morgan fingerprint density at radius 2 is 1.79 bits per heavy atom. The van der Waals surface area contributed by atoms with Gasteiger partial charge in [-0.1, -0.05) is 69.0 Å². The third kappa shape index (κ3) is 3.07. The lowest BCUT2D eigenvalue weighted by Crippen LogP contribution is -2.22. The van der Waals surface area contributed by atoms with Crippen LogP contribution in [-0.4, -0.2) is 22.2 Å². The molecule has 2 nitrogen and oxygen atoms in total. The Morgan fingerprint density at radius 1 is 1.21 bits per heavy atom. The lowest BCUT2D eigenvalue weighted by Gasteiger charge is -2.18. The van der Waals surface area contributed by atoms with Gasteiger partial charge in [0.1, 0.15) is 4.32 Å². The summed E-state index contributed by atoms with van der Waals surface area (Å²) in [6, 6.07) is 8.31. The summed E-state index contributed by atoms with van der Waals surface area (Å²) >= 11 is 6.46. The Labute approximate surface area is 123 Å². The maximum Gasteiger partial charge on any atom is 0.265 e. The molecule has 1 aliphatic heterocycles. The third-order valence-electron chi connectivity index (χ3n) is 3.06. The van der Waals surface area contributed by atoms with Crippen molar-refractivity contribution >= 4 is 40.3 Å². The maximum absolute atomic E-state index is 11.9. The second kappa shape index (κ2) is 5.10. The van der Waals surface area contributed by atoms with Crippen molar-refractivity contribution < 1.29 is 4.79 Å². The predicted molar refractivity (Wildman–Crippen MR) is 86.1 cm³/mol. The van der Waals surface area contributed by atoms with Crippen molar-refractivity contribution in [2.24, 2.45) is 0 Å². The highest BCUT2D eigenvalue weighted by Crippen LogP contribution is 2.31. The molecular formula is C15H17NOS2. The van der Waals surface area contributed by atoms with E-state index >= 15 is 0 Å². The molecule has 19 heavy (non-hydrogen) atoms. The number of thiocarbonyl (C=S) groups is 1. The van der Waals surface area contributed by atoms with E-state index in [1.165, 1.54) is 22.2 Å². The average Bonchev–Trinajstić information content (AvgIpc) is 2.57. The minimum absolute atomic E-state index is 0.0186. The molecule has 0 spiro atoms. The molecule has 1 aromatic rings. The van der Waals surface area contributed by atoms with E-state index in [9.17, 15) is 4.79 Å². The summed E-state index contributed by atoms with van der Waals surface area (Å²) in [6.45, 7) is 6.55. The van der Waals surface area contributed by atoms with Gasteiger partial charge in [0.25, 0.3) is 5.91 Å². The molecular weight excluding hydrogens is 274 g/mol. The molecule has 1 fully saturated rings.